The zero-order chi connectivity index (χ0) is 27.9. The van der Waals surface area contributed by atoms with Crippen molar-refractivity contribution >= 4 is 34.6 Å². The van der Waals surface area contributed by atoms with Crippen LogP contribution in [0.5, 0.6) is 0 Å². The van der Waals surface area contributed by atoms with Crippen LogP contribution >= 0.6 is 0 Å². The molecular weight excluding hydrogens is 494 g/mol. The molecule has 2 N–H and O–H groups in total. The summed E-state index contributed by atoms with van der Waals surface area (Å²) in [5.74, 6) is 0.0248. The number of aryl methyl sites for hydroxylation is 1. The number of non-ortho nitro benzene ring substituents is 1. The SMILES string of the molecule is C/C=C(\C(=C/C)C(=O)Nc1ccc(-c2cc(NC(=O)c3ccccc3)n(C)n2)cc1)c1ccc([N+](=O)[O-])cc1. The molecule has 9 heteroatoms. The predicted octanol–water partition coefficient (Wildman–Crippen LogP) is 6.24. The molecule has 0 saturated heterocycles. The van der Waals surface area contributed by atoms with Crippen LogP contribution in [-0.2, 0) is 11.8 Å². The Balaban J connectivity index is 1.46. The van der Waals surface area contributed by atoms with Gasteiger partial charge in [-0.05, 0) is 61.4 Å². The van der Waals surface area contributed by atoms with E-state index < -0.39 is 4.92 Å². The molecule has 0 unspecified atom stereocenters. The van der Waals surface area contributed by atoms with Gasteiger partial charge in [0, 0.05) is 47.6 Å². The van der Waals surface area contributed by atoms with E-state index in [1.807, 2.05) is 25.1 Å². The van der Waals surface area contributed by atoms with Gasteiger partial charge in [0.2, 0.25) is 0 Å². The van der Waals surface area contributed by atoms with Gasteiger partial charge < -0.3 is 10.6 Å². The minimum atomic E-state index is -0.460. The van der Waals surface area contributed by atoms with Crippen molar-refractivity contribution in [2.45, 2.75) is 13.8 Å². The van der Waals surface area contributed by atoms with Crippen molar-refractivity contribution in [1.29, 1.82) is 0 Å². The molecule has 3 aromatic carbocycles. The number of allylic oxidation sites excluding steroid dienone is 2. The zero-order valence-corrected chi connectivity index (χ0v) is 21.7. The van der Waals surface area contributed by atoms with Gasteiger partial charge in [-0.25, -0.2) is 0 Å². The van der Waals surface area contributed by atoms with Crippen LogP contribution in [0.4, 0.5) is 17.2 Å². The first-order valence-corrected chi connectivity index (χ1v) is 12.2. The highest BCUT2D eigenvalue weighted by Gasteiger charge is 2.17. The summed E-state index contributed by atoms with van der Waals surface area (Å²) >= 11 is 0. The molecule has 0 aliphatic heterocycles. The summed E-state index contributed by atoms with van der Waals surface area (Å²) in [4.78, 5) is 36.2. The van der Waals surface area contributed by atoms with Gasteiger partial charge in [-0.2, -0.15) is 5.10 Å². The molecule has 0 radical (unpaired) electrons. The lowest BCUT2D eigenvalue weighted by Gasteiger charge is -2.13. The number of nitrogens with zero attached hydrogens (tertiary/aromatic N) is 3. The maximum Gasteiger partial charge on any atom is 0.269 e. The Morgan fingerprint density at radius 2 is 1.54 bits per heavy atom. The predicted molar refractivity (Wildman–Crippen MR) is 152 cm³/mol. The Bertz CT molecular complexity index is 1570. The zero-order valence-electron chi connectivity index (χ0n) is 21.7. The van der Waals surface area contributed by atoms with Gasteiger partial charge in [0.05, 0.1) is 10.6 Å². The molecule has 0 atom stereocenters. The van der Waals surface area contributed by atoms with E-state index in [1.54, 1.807) is 85.4 Å². The molecule has 1 aromatic heterocycles. The van der Waals surface area contributed by atoms with Crippen LogP contribution in [0.15, 0.2) is 103 Å². The fraction of sp³-hybridized carbons (Fsp3) is 0.100. The van der Waals surface area contributed by atoms with Crippen LogP contribution in [0.25, 0.3) is 16.8 Å². The number of benzene rings is 3. The molecule has 0 bridgehead atoms. The largest absolute Gasteiger partial charge is 0.322 e. The second-order valence-corrected chi connectivity index (χ2v) is 8.60. The summed E-state index contributed by atoms with van der Waals surface area (Å²) in [6.45, 7) is 3.58. The maximum absolute atomic E-state index is 13.1. The van der Waals surface area contributed by atoms with E-state index in [1.165, 1.54) is 12.1 Å². The minimum absolute atomic E-state index is 0.0145. The number of anilines is 2. The number of carbonyl (C=O) groups excluding carboxylic acids is 2. The smallest absolute Gasteiger partial charge is 0.269 e. The van der Waals surface area contributed by atoms with Gasteiger partial charge in [0.1, 0.15) is 5.82 Å². The van der Waals surface area contributed by atoms with Crippen molar-refractivity contribution in [3.8, 4) is 11.3 Å². The number of hydrogen-bond donors (Lipinski definition) is 2. The van der Waals surface area contributed by atoms with Crippen LogP contribution in [0.3, 0.4) is 0 Å². The summed E-state index contributed by atoms with van der Waals surface area (Å²) < 4.78 is 1.60. The first kappa shape index (κ1) is 26.7. The van der Waals surface area contributed by atoms with Gasteiger partial charge in [0.25, 0.3) is 17.5 Å². The van der Waals surface area contributed by atoms with Crippen LogP contribution < -0.4 is 10.6 Å². The van der Waals surface area contributed by atoms with E-state index >= 15 is 0 Å². The number of amides is 2. The number of hydrogen-bond acceptors (Lipinski definition) is 5. The van der Waals surface area contributed by atoms with Gasteiger partial charge in [-0.3, -0.25) is 24.4 Å². The van der Waals surface area contributed by atoms with E-state index in [2.05, 4.69) is 15.7 Å². The number of carbonyl (C=O) groups is 2. The summed E-state index contributed by atoms with van der Waals surface area (Å²) in [5, 5.41) is 21.3. The number of nitrogens with one attached hydrogen (secondary N) is 2. The van der Waals surface area contributed by atoms with Crippen molar-refractivity contribution in [1.82, 2.24) is 9.78 Å². The number of aromatic nitrogens is 2. The fourth-order valence-electron chi connectivity index (χ4n) is 4.08. The molecule has 9 nitrogen and oxygen atoms in total. The standard InChI is InChI=1S/C30H27N5O4/c1-4-25(20-13-17-24(18-14-20)35(38)39)26(5-2)30(37)31-23-15-11-21(12-16-23)27-19-28(34(3)33-27)32-29(36)22-9-7-6-8-10-22/h4-19H,1-3H3,(H,31,37)(H,32,36)/b25-4-,26-5+. The van der Waals surface area contributed by atoms with Gasteiger partial charge in [-0.1, -0.05) is 42.5 Å². The molecule has 4 aromatic rings. The minimum Gasteiger partial charge on any atom is -0.322 e. The maximum atomic E-state index is 13.1. The molecule has 0 fully saturated rings. The van der Waals surface area contributed by atoms with Crippen LogP contribution in [0, 0.1) is 10.1 Å². The molecule has 0 aliphatic carbocycles. The molecule has 0 spiro atoms. The average Bonchev–Trinajstić information content (AvgIpc) is 3.32. The number of nitro benzene ring substituents is 1. The Morgan fingerprint density at radius 1 is 0.872 bits per heavy atom. The molecule has 39 heavy (non-hydrogen) atoms. The van der Waals surface area contributed by atoms with Crippen molar-refractivity contribution in [3.05, 3.63) is 124 Å². The third-order valence-corrected chi connectivity index (χ3v) is 6.10. The van der Waals surface area contributed by atoms with Crippen molar-refractivity contribution in [2.24, 2.45) is 7.05 Å². The Morgan fingerprint density at radius 3 is 2.13 bits per heavy atom. The summed E-state index contributed by atoms with van der Waals surface area (Å²) in [6, 6.07) is 24.0. The lowest BCUT2D eigenvalue weighted by molar-refractivity contribution is -0.384. The molecule has 0 saturated carbocycles. The molecule has 1 heterocycles. The van der Waals surface area contributed by atoms with E-state index in [4.69, 9.17) is 0 Å². The topological polar surface area (TPSA) is 119 Å². The van der Waals surface area contributed by atoms with Gasteiger partial charge >= 0.3 is 0 Å². The quantitative estimate of drug-likeness (QED) is 0.123. The molecular formula is C30H27N5O4. The highest BCUT2D eigenvalue weighted by atomic mass is 16.6. The van der Waals surface area contributed by atoms with E-state index in [9.17, 15) is 19.7 Å². The second-order valence-electron chi connectivity index (χ2n) is 8.60. The molecule has 0 aliphatic rings. The Hall–Kier alpha value is -5.31. The second kappa shape index (κ2) is 11.8. The highest BCUT2D eigenvalue weighted by Crippen LogP contribution is 2.27. The third kappa shape index (κ3) is 6.16. The number of rotatable bonds is 8. The summed E-state index contributed by atoms with van der Waals surface area (Å²) in [5.41, 5.74) is 4.43. The van der Waals surface area contributed by atoms with Crippen molar-refractivity contribution < 1.29 is 14.5 Å². The van der Waals surface area contributed by atoms with E-state index in [-0.39, 0.29) is 17.5 Å². The Kier molecular flexibility index (Phi) is 8.11. The summed E-state index contributed by atoms with van der Waals surface area (Å²) in [7, 11) is 1.75. The average molecular weight is 522 g/mol. The van der Waals surface area contributed by atoms with Gasteiger partial charge in [0.15, 0.2) is 0 Å². The first-order chi connectivity index (χ1) is 18.8. The molecule has 2 amide bonds. The Labute approximate surface area is 225 Å². The summed E-state index contributed by atoms with van der Waals surface area (Å²) in [6.07, 6.45) is 3.51. The van der Waals surface area contributed by atoms with Crippen LogP contribution in [0.1, 0.15) is 29.8 Å². The normalized spacial score (nSPS) is 11.7. The van der Waals surface area contributed by atoms with E-state index in [0.717, 1.165) is 5.56 Å². The number of nitro groups is 1. The lowest BCUT2D eigenvalue weighted by atomic mass is 9.96. The first-order valence-electron chi connectivity index (χ1n) is 12.2. The van der Waals surface area contributed by atoms with Crippen LogP contribution in [0.2, 0.25) is 0 Å². The van der Waals surface area contributed by atoms with E-state index in [0.29, 0.717) is 39.5 Å². The lowest BCUT2D eigenvalue weighted by Crippen LogP contribution is -2.15. The fourth-order valence-corrected chi connectivity index (χ4v) is 4.08. The van der Waals surface area contributed by atoms with Crippen LogP contribution in [-0.4, -0.2) is 26.5 Å². The third-order valence-electron chi connectivity index (χ3n) is 6.10. The van der Waals surface area contributed by atoms with Crippen molar-refractivity contribution in [3.63, 3.8) is 0 Å². The van der Waals surface area contributed by atoms with Gasteiger partial charge in [-0.15, -0.1) is 0 Å². The molecule has 196 valence electrons. The van der Waals surface area contributed by atoms with Crippen molar-refractivity contribution in [2.75, 3.05) is 10.6 Å². The highest BCUT2D eigenvalue weighted by molar-refractivity contribution is 6.15. The monoisotopic (exact) mass is 521 g/mol. The molecule has 4 rings (SSSR count).